The van der Waals surface area contributed by atoms with Gasteiger partial charge in [-0.3, -0.25) is 20.3 Å². The third-order valence-corrected chi connectivity index (χ3v) is 6.89. The van der Waals surface area contributed by atoms with Gasteiger partial charge in [0.2, 0.25) is 5.17 Å². The smallest absolute Gasteiger partial charge is 0.283 e. The molecule has 5 rings (SSSR count). The molecule has 10 heteroatoms. The molecular weight excluding hydrogens is 428 g/mol. The van der Waals surface area contributed by atoms with E-state index in [1.54, 1.807) is 41.1 Å². The second-order valence-electron chi connectivity index (χ2n) is 7.87. The molecule has 1 amide bonds. The Balaban J connectivity index is 1.46. The van der Waals surface area contributed by atoms with Gasteiger partial charge < -0.3 is 4.57 Å². The van der Waals surface area contributed by atoms with Gasteiger partial charge in [0.25, 0.3) is 11.6 Å². The first-order chi connectivity index (χ1) is 15.5. The maximum Gasteiger partial charge on any atom is 0.283 e. The molecule has 1 fully saturated rings. The van der Waals surface area contributed by atoms with Crippen LogP contribution in [0.1, 0.15) is 37.8 Å². The summed E-state index contributed by atoms with van der Waals surface area (Å²) in [5.41, 5.74) is 1.31. The van der Waals surface area contributed by atoms with Gasteiger partial charge in [-0.2, -0.15) is 15.1 Å². The van der Waals surface area contributed by atoms with E-state index in [0.717, 1.165) is 17.9 Å². The molecule has 1 N–H and O–H groups in total. The number of fused-ring (bicyclic) bond motifs is 1. The summed E-state index contributed by atoms with van der Waals surface area (Å²) in [6, 6.07) is 9.80. The van der Waals surface area contributed by atoms with Gasteiger partial charge >= 0.3 is 0 Å². The second kappa shape index (κ2) is 8.19. The van der Waals surface area contributed by atoms with E-state index in [0.29, 0.717) is 22.5 Å². The quantitative estimate of drug-likeness (QED) is 0.417. The Labute approximate surface area is 188 Å². The Morgan fingerprint density at radius 3 is 2.78 bits per heavy atom. The van der Waals surface area contributed by atoms with Crippen LogP contribution in [0.3, 0.4) is 0 Å². The van der Waals surface area contributed by atoms with Crippen molar-refractivity contribution in [2.24, 2.45) is 16.0 Å². The Bertz CT molecular complexity index is 1220. The molecule has 0 spiro atoms. The highest BCUT2D eigenvalue weighted by molar-refractivity contribution is 8.27. The highest BCUT2D eigenvalue weighted by Crippen LogP contribution is 2.36. The minimum Gasteiger partial charge on any atom is -0.317 e. The molecule has 1 aromatic heterocycles. The molecule has 1 aliphatic carbocycles. The molecule has 0 radical (unpaired) electrons. The average molecular weight is 449 g/mol. The third-order valence-electron chi connectivity index (χ3n) is 5.82. The molecule has 1 aromatic carbocycles. The second-order valence-corrected chi connectivity index (χ2v) is 8.86. The van der Waals surface area contributed by atoms with Crippen molar-refractivity contribution in [2.75, 3.05) is 0 Å². The molecule has 162 valence electrons. The van der Waals surface area contributed by atoms with E-state index in [4.69, 9.17) is 5.41 Å². The zero-order valence-corrected chi connectivity index (χ0v) is 17.9. The van der Waals surface area contributed by atoms with E-state index in [9.17, 15) is 14.9 Å². The number of carbonyl (C=O) groups excluding carboxylic acids is 1. The lowest BCUT2D eigenvalue weighted by atomic mass is 9.90. The summed E-state index contributed by atoms with van der Waals surface area (Å²) in [6.07, 6.45) is 9.08. The van der Waals surface area contributed by atoms with E-state index < -0.39 is 10.8 Å². The number of hydrogen-bond donors (Lipinski definition) is 1. The minimum absolute atomic E-state index is 0.00917. The number of nitrogens with zero attached hydrogens (tertiary/aromatic N) is 5. The fourth-order valence-electron chi connectivity index (χ4n) is 4.17. The normalized spacial score (nSPS) is 20.4. The lowest BCUT2D eigenvalue weighted by Gasteiger charge is -2.20. The summed E-state index contributed by atoms with van der Waals surface area (Å²) in [5, 5.41) is 27.2. The minimum atomic E-state index is -0.486. The molecule has 3 heterocycles. The summed E-state index contributed by atoms with van der Waals surface area (Å²) in [7, 11) is 0. The van der Waals surface area contributed by atoms with Gasteiger partial charge in [-0.15, -0.1) is 0 Å². The van der Waals surface area contributed by atoms with Crippen molar-refractivity contribution in [3.05, 3.63) is 64.0 Å². The van der Waals surface area contributed by atoms with E-state index in [-0.39, 0.29) is 17.1 Å². The van der Waals surface area contributed by atoms with Crippen LogP contribution in [-0.4, -0.2) is 36.5 Å². The van der Waals surface area contributed by atoms with Crippen LogP contribution >= 0.6 is 11.8 Å². The van der Waals surface area contributed by atoms with Crippen LogP contribution < -0.4 is 0 Å². The van der Waals surface area contributed by atoms with Crippen molar-refractivity contribution in [3.63, 3.8) is 0 Å². The van der Waals surface area contributed by atoms with Crippen molar-refractivity contribution < 1.29 is 9.72 Å². The summed E-state index contributed by atoms with van der Waals surface area (Å²) in [6.45, 7) is 0. The van der Waals surface area contributed by atoms with Gasteiger partial charge in [0.15, 0.2) is 5.84 Å². The number of amides is 1. The van der Waals surface area contributed by atoms with Gasteiger partial charge in [0.1, 0.15) is 5.04 Å². The number of aliphatic imine (C=N–C) groups is 1. The molecule has 32 heavy (non-hydrogen) atoms. The number of benzene rings is 1. The predicted molar refractivity (Wildman–Crippen MR) is 124 cm³/mol. The van der Waals surface area contributed by atoms with Crippen LogP contribution in [0.4, 0.5) is 5.69 Å². The van der Waals surface area contributed by atoms with Crippen molar-refractivity contribution in [2.45, 2.75) is 32.1 Å². The maximum absolute atomic E-state index is 12.8. The Kier molecular flexibility index (Phi) is 5.22. The number of hydrazone groups is 1. The number of non-ortho nitro benzene ring substituents is 1. The van der Waals surface area contributed by atoms with Gasteiger partial charge in [0, 0.05) is 29.9 Å². The van der Waals surface area contributed by atoms with Gasteiger partial charge in [-0.05, 0) is 48.9 Å². The summed E-state index contributed by atoms with van der Waals surface area (Å²) >= 11 is 1.39. The predicted octanol–water partition coefficient (Wildman–Crippen LogP) is 4.58. The molecule has 1 saturated carbocycles. The van der Waals surface area contributed by atoms with Crippen molar-refractivity contribution in [1.82, 2.24) is 9.58 Å². The first kappa shape index (κ1) is 20.4. The molecule has 0 saturated heterocycles. The highest BCUT2D eigenvalue weighted by atomic mass is 32.2. The zero-order valence-electron chi connectivity index (χ0n) is 17.1. The number of carbonyl (C=O) groups is 1. The first-order valence-corrected chi connectivity index (χ1v) is 11.3. The first-order valence-electron chi connectivity index (χ1n) is 10.4. The van der Waals surface area contributed by atoms with Crippen molar-refractivity contribution in [1.29, 1.82) is 5.41 Å². The number of nitrogens with one attached hydrogen (secondary N) is 1. The number of hydrogen-bond acceptors (Lipinski definition) is 6. The number of thioether (sulfide) groups is 1. The average Bonchev–Trinajstić information content (AvgIpc) is 3.44. The number of nitro benzene ring substituents is 1. The van der Waals surface area contributed by atoms with Crippen LogP contribution in [-0.2, 0) is 4.79 Å². The Morgan fingerprint density at radius 2 is 2.00 bits per heavy atom. The number of nitro groups is 1. The molecular formula is C22H20N6O3S. The number of aromatic nitrogens is 1. The van der Waals surface area contributed by atoms with Crippen molar-refractivity contribution >= 4 is 45.5 Å². The molecule has 0 atom stereocenters. The summed E-state index contributed by atoms with van der Waals surface area (Å²) in [4.78, 5) is 27.6. The maximum atomic E-state index is 12.8. The lowest BCUT2D eigenvalue weighted by molar-refractivity contribution is -0.384. The fraction of sp³-hybridized carbons (Fsp3) is 0.273. The standard InChI is InChI=1S/C22H20N6O3S/c23-19-18(13-16-10-5-11-26(16)15-8-4-9-17(12-15)28(30)31)20(29)24-22-27(19)25-21(32-22)14-6-2-1-3-7-14/h4-5,8-14,23H,1-3,6-7H2/b18-13-,23-19?. The van der Waals surface area contributed by atoms with Crippen LogP contribution in [0.25, 0.3) is 11.8 Å². The van der Waals surface area contributed by atoms with Crippen LogP contribution in [0, 0.1) is 21.4 Å². The van der Waals surface area contributed by atoms with Gasteiger partial charge in [0.05, 0.1) is 16.2 Å². The third kappa shape index (κ3) is 3.66. The Morgan fingerprint density at radius 1 is 1.19 bits per heavy atom. The van der Waals surface area contributed by atoms with Crippen LogP contribution in [0.2, 0.25) is 0 Å². The zero-order chi connectivity index (χ0) is 22.2. The molecule has 0 bridgehead atoms. The molecule has 9 nitrogen and oxygen atoms in total. The summed E-state index contributed by atoms with van der Waals surface area (Å²) < 4.78 is 1.73. The van der Waals surface area contributed by atoms with Crippen LogP contribution in [0.15, 0.2) is 58.3 Å². The molecule has 2 aliphatic heterocycles. The van der Waals surface area contributed by atoms with Crippen LogP contribution in [0.5, 0.6) is 0 Å². The van der Waals surface area contributed by atoms with Crippen molar-refractivity contribution in [3.8, 4) is 5.69 Å². The van der Waals surface area contributed by atoms with Gasteiger partial charge in [-0.1, -0.05) is 25.3 Å². The summed E-state index contributed by atoms with van der Waals surface area (Å²) in [5.74, 6) is -0.130. The monoisotopic (exact) mass is 448 g/mol. The molecule has 2 aromatic rings. The van der Waals surface area contributed by atoms with E-state index in [2.05, 4.69) is 10.1 Å². The van der Waals surface area contributed by atoms with E-state index in [1.807, 2.05) is 0 Å². The topological polar surface area (TPSA) is 117 Å². The van der Waals surface area contributed by atoms with E-state index >= 15 is 0 Å². The fourth-order valence-corrected chi connectivity index (χ4v) is 5.23. The largest absolute Gasteiger partial charge is 0.317 e. The Hall–Kier alpha value is -3.53. The molecule has 0 unspecified atom stereocenters. The SMILES string of the molecule is N=C1/C(=C/c2cccn2-c2cccc([N+](=O)[O-])c2)C(=O)N=C2SC(C3CCCCC3)=NN12. The number of amidine groups is 2. The van der Waals surface area contributed by atoms with E-state index in [1.165, 1.54) is 48.2 Å². The molecule has 3 aliphatic rings. The highest BCUT2D eigenvalue weighted by Gasteiger charge is 2.38. The lowest BCUT2D eigenvalue weighted by Crippen LogP contribution is -2.35. The number of rotatable bonds is 4. The van der Waals surface area contributed by atoms with Gasteiger partial charge in [-0.25, -0.2) is 0 Å².